The molecule has 4 heteroatoms. The monoisotopic (exact) mass is 279 g/mol. The summed E-state index contributed by atoms with van der Waals surface area (Å²) in [5, 5.41) is 1.28. The van der Waals surface area contributed by atoms with Crippen LogP contribution in [0.25, 0.3) is 0 Å². The molecule has 1 aliphatic rings. The van der Waals surface area contributed by atoms with E-state index in [1.165, 1.54) is 10.6 Å². The fourth-order valence-electron chi connectivity index (χ4n) is 1.93. The van der Waals surface area contributed by atoms with E-state index in [0.717, 1.165) is 5.75 Å². The standard InChI is InChI=1S/C14H14NOS.ClH/c1-2-6-12(7-3-1)10-16-13-11-17-14-8-4-5-9-15(13)14;/h1-9,13H,10-11H2;1H/q+1;/p-1. The second kappa shape index (κ2) is 6.23. The Bertz CT molecular complexity index is 506. The lowest BCUT2D eigenvalue weighted by atomic mass is 10.2. The number of nitrogens with zero attached hydrogens (tertiary/aromatic N) is 1. The van der Waals surface area contributed by atoms with Crippen LogP contribution in [0.1, 0.15) is 11.8 Å². The van der Waals surface area contributed by atoms with Crippen LogP contribution < -0.4 is 17.0 Å². The molecule has 0 fully saturated rings. The van der Waals surface area contributed by atoms with Gasteiger partial charge in [-0.05, 0) is 23.4 Å². The molecule has 2 heterocycles. The van der Waals surface area contributed by atoms with Gasteiger partial charge >= 0.3 is 0 Å². The fourth-order valence-corrected chi connectivity index (χ4v) is 3.00. The van der Waals surface area contributed by atoms with Gasteiger partial charge in [-0.2, -0.15) is 4.57 Å². The van der Waals surface area contributed by atoms with E-state index in [1.54, 1.807) is 0 Å². The van der Waals surface area contributed by atoms with Gasteiger partial charge in [0.15, 0.2) is 6.20 Å². The molecule has 0 bridgehead atoms. The highest BCUT2D eigenvalue weighted by molar-refractivity contribution is 7.99. The lowest BCUT2D eigenvalue weighted by Crippen LogP contribution is -3.00. The molecule has 3 rings (SSSR count). The summed E-state index contributed by atoms with van der Waals surface area (Å²) in [5.74, 6) is 0.997. The Balaban J connectivity index is 0.00000120. The highest BCUT2D eigenvalue weighted by Crippen LogP contribution is 2.26. The van der Waals surface area contributed by atoms with Crippen molar-refractivity contribution in [2.75, 3.05) is 5.75 Å². The number of fused-ring (bicyclic) bond motifs is 1. The summed E-state index contributed by atoms with van der Waals surface area (Å²) in [4.78, 5) is 0. The van der Waals surface area contributed by atoms with Crippen molar-refractivity contribution in [3.8, 4) is 0 Å². The normalized spacial score (nSPS) is 17.0. The van der Waals surface area contributed by atoms with Crippen LogP contribution in [0.4, 0.5) is 0 Å². The molecule has 18 heavy (non-hydrogen) atoms. The number of hydrogen-bond acceptors (Lipinski definition) is 2. The van der Waals surface area contributed by atoms with Crippen LogP contribution in [0.3, 0.4) is 0 Å². The van der Waals surface area contributed by atoms with Crippen LogP contribution in [0.5, 0.6) is 0 Å². The molecule has 0 saturated heterocycles. The van der Waals surface area contributed by atoms with Gasteiger partial charge in [0.25, 0.3) is 6.23 Å². The smallest absolute Gasteiger partial charge is 0.273 e. The number of rotatable bonds is 3. The lowest BCUT2D eigenvalue weighted by molar-refractivity contribution is -0.784. The number of halogens is 1. The molecule has 2 aromatic rings. The average Bonchev–Trinajstić information content (AvgIpc) is 2.81. The van der Waals surface area contributed by atoms with Crippen molar-refractivity contribution < 1.29 is 21.7 Å². The third-order valence-corrected chi connectivity index (χ3v) is 3.91. The number of ether oxygens (including phenoxy) is 1. The molecule has 0 radical (unpaired) electrons. The molecule has 0 amide bonds. The van der Waals surface area contributed by atoms with Crippen molar-refractivity contribution >= 4 is 11.8 Å². The number of hydrogen-bond donors (Lipinski definition) is 0. The molecule has 1 aliphatic heterocycles. The molecule has 1 aromatic carbocycles. The Morgan fingerprint density at radius 1 is 1.11 bits per heavy atom. The zero-order valence-corrected chi connectivity index (χ0v) is 11.4. The predicted molar refractivity (Wildman–Crippen MR) is 67.6 cm³/mol. The van der Waals surface area contributed by atoms with E-state index < -0.39 is 0 Å². The Morgan fingerprint density at radius 3 is 2.72 bits per heavy atom. The zero-order chi connectivity index (χ0) is 11.5. The van der Waals surface area contributed by atoms with Gasteiger partial charge in [-0.25, -0.2) is 0 Å². The lowest BCUT2D eigenvalue weighted by Gasteiger charge is -2.07. The topological polar surface area (TPSA) is 13.1 Å². The molecule has 94 valence electrons. The van der Waals surface area contributed by atoms with Gasteiger partial charge in [-0.3, -0.25) is 0 Å². The molecule has 2 nitrogen and oxygen atoms in total. The van der Waals surface area contributed by atoms with Crippen LogP contribution in [0.2, 0.25) is 0 Å². The minimum atomic E-state index is 0. The van der Waals surface area contributed by atoms with Crippen molar-refractivity contribution in [3.63, 3.8) is 0 Å². The van der Waals surface area contributed by atoms with E-state index in [0.29, 0.717) is 6.61 Å². The summed E-state index contributed by atoms with van der Waals surface area (Å²) < 4.78 is 8.16. The second-order valence-corrected chi connectivity index (χ2v) is 5.05. The quantitative estimate of drug-likeness (QED) is 0.722. The average molecular weight is 280 g/mol. The van der Waals surface area contributed by atoms with Gasteiger partial charge < -0.3 is 17.1 Å². The molecular formula is C14H14ClNOS. The first kappa shape index (κ1) is 13.4. The van der Waals surface area contributed by atoms with Crippen molar-refractivity contribution in [2.45, 2.75) is 17.9 Å². The van der Waals surface area contributed by atoms with E-state index in [4.69, 9.17) is 4.74 Å². The molecule has 1 aromatic heterocycles. The van der Waals surface area contributed by atoms with E-state index in [2.05, 4.69) is 35.0 Å². The van der Waals surface area contributed by atoms with Gasteiger partial charge in [-0.1, -0.05) is 30.3 Å². The SMILES string of the molecule is [Cl-].c1ccc(COC2CSc3cccc[n+]32)cc1. The van der Waals surface area contributed by atoms with E-state index >= 15 is 0 Å². The minimum Gasteiger partial charge on any atom is -1.00 e. The summed E-state index contributed by atoms with van der Waals surface area (Å²) in [6, 6.07) is 16.6. The van der Waals surface area contributed by atoms with Gasteiger partial charge in [0.2, 0.25) is 5.03 Å². The maximum Gasteiger partial charge on any atom is 0.273 e. The number of pyridine rings is 1. The largest absolute Gasteiger partial charge is 1.00 e. The Hall–Kier alpha value is -1.03. The van der Waals surface area contributed by atoms with Crippen LogP contribution in [0.15, 0.2) is 59.8 Å². The van der Waals surface area contributed by atoms with Crippen LogP contribution in [-0.2, 0) is 11.3 Å². The molecule has 0 spiro atoms. The number of thioether (sulfide) groups is 1. The minimum absolute atomic E-state index is 0. The number of aromatic nitrogens is 1. The van der Waals surface area contributed by atoms with Gasteiger partial charge in [-0.15, -0.1) is 0 Å². The van der Waals surface area contributed by atoms with Crippen LogP contribution in [-0.4, -0.2) is 5.75 Å². The Morgan fingerprint density at radius 2 is 1.89 bits per heavy atom. The Kier molecular flexibility index (Phi) is 4.64. The summed E-state index contributed by atoms with van der Waals surface area (Å²) in [6.07, 6.45) is 2.25. The summed E-state index contributed by atoms with van der Waals surface area (Å²) >= 11 is 1.85. The number of benzene rings is 1. The molecule has 1 unspecified atom stereocenters. The van der Waals surface area contributed by atoms with Crippen molar-refractivity contribution in [2.24, 2.45) is 0 Å². The van der Waals surface area contributed by atoms with E-state index in [1.807, 2.05) is 36.0 Å². The highest BCUT2D eigenvalue weighted by Gasteiger charge is 2.31. The summed E-state index contributed by atoms with van der Waals surface area (Å²) in [7, 11) is 0. The fraction of sp³-hybridized carbons (Fsp3) is 0.214. The van der Waals surface area contributed by atoms with Gasteiger partial charge in [0.05, 0.1) is 12.4 Å². The van der Waals surface area contributed by atoms with Crippen molar-refractivity contribution in [1.82, 2.24) is 0 Å². The molecule has 0 aliphatic carbocycles. The van der Waals surface area contributed by atoms with Crippen LogP contribution in [0, 0.1) is 0 Å². The molecule has 1 atom stereocenters. The van der Waals surface area contributed by atoms with Crippen molar-refractivity contribution in [3.05, 3.63) is 60.3 Å². The van der Waals surface area contributed by atoms with E-state index in [-0.39, 0.29) is 18.6 Å². The maximum absolute atomic E-state index is 5.96. The third-order valence-electron chi connectivity index (χ3n) is 2.82. The molecule has 0 N–H and O–H groups in total. The summed E-state index contributed by atoms with van der Waals surface area (Å²) in [6.45, 7) is 0.674. The first-order valence-corrected chi connectivity index (χ1v) is 6.70. The molecule has 0 saturated carbocycles. The Labute approximate surface area is 117 Å². The van der Waals surface area contributed by atoms with Gasteiger partial charge in [0, 0.05) is 12.1 Å². The van der Waals surface area contributed by atoms with Crippen molar-refractivity contribution in [1.29, 1.82) is 0 Å². The van der Waals surface area contributed by atoms with Gasteiger partial charge in [0.1, 0.15) is 0 Å². The first-order chi connectivity index (χ1) is 8.43. The molecular weight excluding hydrogens is 266 g/mol. The second-order valence-electron chi connectivity index (χ2n) is 4.01. The first-order valence-electron chi connectivity index (χ1n) is 5.72. The van der Waals surface area contributed by atoms with E-state index in [9.17, 15) is 0 Å². The summed E-state index contributed by atoms with van der Waals surface area (Å²) in [5.41, 5.74) is 1.22. The maximum atomic E-state index is 5.96. The highest BCUT2D eigenvalue weighted by atomic mass is 35.5. The zero-order valence-electron chi connectivity index (χ0n) is 9.83. The predicted octanol–water partition coefficient (Wildman–Crippen LogP) is -0.201. The third kappa shape index (κ3) is 2.86. The van der Waals surface area contributed by atoms with Crippen LogP contribution >= 0.6 is 11.8 Å².